The molecule has 0 bridgehead atoms. The molecule has 96 valence electrons. The van der Waals surface area contributed by atoms with E-state index in [4.69, 9.17) is 0 Å². The number of amides is 1. The highest BCUT2D eigenvalue weighted by Crippen LogP contribution is 2.17. The molecule has 0 N–H and O–H groups in total. The summed E-state index contributed by atoms with van der Waals surface area (Å²) in [6.07, 6.45) is 1.26. The van der Waals surface area contributed by atoms with Crippen LogP contribution in [0.15, 0.2) is 18.3 Å². The van der Waals surface area contributed by atoms with E-state index in [1.54, 1.807) is 17.9 Å². The van der Waals surface area contributed by atoms with Crippen LogP contribution in [0.4, 0.5) is 11.5 Å². The highest BCUT2D eigenvalue weighted by molar-refractivity contribution is 5.73. The molecule has 0 aliphatic carbocycles. The van der Waals surface area contributed by atoms with Gasteiger partial charge in [0.2, 0.25) is 5.91 Å². The summed E-state index contributed by atoms with van der Waals surface area (Å²) in [4.78, 5) is 29.1. The molecule has 1 aliphatic rings. The van der Waals surface area contributed by atoms with Gasteiger partial charge in [-0.25, -0.2) is 4.98 Å². The fraction of sp³-hybridized carbons (Fsp3) is 0.455. The van der Waals surface area contributed by atoms with E-state index >= 15 is 0 Å². The van der Waals surface area contributed by atoms with Crippen molar-refractivity contribution in [1.29, 1.82) is 0 Å². The molecule has 2 heterocycles. The van der Waals surface area contributed by atoms with Crippen LogP contribution < -0.4 is 4.90 Å². The van der Waals surface area contributed by atoms with Gasteiger partial charge < -0.3 is 9.80 Å². The summed E-state index contributed by atoms with van der Waals surface area (Å²) in [6, 6.07) is 3.08. The third-order valence-electron chi connectivity index (χ3n) is 2.99. The first kappa shape index (κ1) is 12.3. The van der Waals surface area contributed by atoms with Crippen LogP contribution in [-0.4, -0.2) is 46.9 Å². The largest absolute Gasteiger partial charge is 0.353 e. The molecule has 1 aliphatic heterocycles. The summed E-state index contributed by atoms with van der Waals surface area (Å²) >= 11 is 0. The molecule has 18 heavy (non-hydrogen) atoms. The van der Waals surface area contributed by atoms with Crippen molar-refractivity contribution < 1.29 is 9.72 Å². The van der Waals surface area contributed by atoms with Gasteiger partial charge in [0.15, 0.2) is 0 Å². The lowest BCUT2D eigenvalue weighted by molar-refractivity contribution is -0.385. The molecule has 7 nitrogen and oxygen atoms in total. The Balaban J connectivity index is 2.01. The molecular weight excluding hydrogens is 236 g/mol. The Morgan fingerprint density at radius 1 is 1.33 bits per heavy atom. The minimum Gasteiger partial charge on any atom is -0.353 e. The van der Waals surface area contributed by atoms with Crippen molar-refractivity contribution in [3.8, 4) is 0 Å². The molecular formula is C11H14N4O3. The molecule has 1 amide bonds. The Morgan fingerprint density at radius 2 is 2.00 bits per heavy atom. The van der Waals surface area contributed by atoms with Gasteiger partial charge in [0.1, 0.15) is 12.0 Å². The quantitative estimate of drug-likeness (QED) is 0.569. The van der Waals surface area contributed by atoms with E-state index in [0.29, 0.717) is 32.0 Å². The van der Waals surface area contributed by atoms with Crippen molar-refractivity contribution in [3.63, 3.8) is 0 Å². The molecule has 2 rings (SSSR count). The zero-order valence-corrected chi connectivity index (χ0v) is 10.1. The highest BCUT2D eigenvalue weighted by atomic mass is 16.6. The van der Waals surface area contributed by atoms with Gasteiger partial charge in [-0.15, -0.1) is 0 Å². The number of nitrogens with zero attached hydrogens (tertiary/aromatic N) is 4. The number of hydrogen-bond donors (Lipinski definition) is 0. The Labute approximate surface area is 104 Å². The van der Waals surface area contributed by atoms with E-state index in [1.807, 2.05) is 4.90 Å². The molecule has 0 aromatic carbocycles. The van der Waals surface area contributed by atoms with Gasteiger partial charge in [0, 0.05) is 39.2 Å². The van der Waals surface area contributed by atoms with Gasteiger partial charge in [-0.3, -0.25) is 14.9 Å². The molecule has 0 atom stereocenters. The van der Waals surface area contributed by atoms with E-state index in [2.05, 4.69) is 4.98 Å². The Hall–Kier alpha value is -2.18. The number of carbonyl (C=O) groups is 1. The fourth-order valence-corrected chi connectivity index (χ4v) is 1.92. The lowest BCUT2D eigenvalue weighted by Crippen LogP contribution is -2.48. The number of carbonyl (C=O) groups excluding carboxylic acids is 1. The van der Waals surface area contributed by atoms with E-state index in [9.17, 15) is 14.9 Å². The second-order valence-electron chi connectivity index (χ2n) is 4.12. The van der Waals surface area contributed by atoms with Gasteiger partial charge >= 0.3 is 0 Å². The molecule has 1 fully saturated rings. The van der Waals surface area contributed by atoms with Crippen LogP contribution in [0.5, 0.6) is 0 Å². The highest BCUT2D eigenvalue weighted by Gasteiger charge is 2.19. The number of pyridine rings is 1. The standard InChI is InChI=1S/C11H14N4O3/c1-9(16)13-4-6-14(7-5-13)11-3-2-10(8-12-11)15(17)18/h2-3,8H,4-7H2,1H3. The second-order valence-corrected chi connectivity index (χ2v) is 4.12. The zero-order chi connectivity index (χ0) is 13.1. The molecule has 0 saturated carbocycles. The van der Waals surface area contributed by atoms with E-state index in [1.165, 1.54) is 12.3 Å². The smallest absolute Gasteiger partial charge is 0.287 e. The first-order valence-corrected chi connectivity index (χ1v) is 5.69. The molecule has 1 aromatic rings. The third kappa shape index (κ3) is 2.55. The predicted octanol–water partition coefficient (Wildman–Crippen LogP) is 0.658. The Bertz CT molecular complexity index is 452. The monoisotopic (exact) mass is 250 g/mol. The van der Waals surface area contributed by atoms with Crippen molar-refractivity contribution in [3.05, 3.63) is 28.4 Å². The van der Waals surface area contributed by atoms with Crippen molar-refractivity contribution >= 4 is 17.4 Å². The maximum Gasteiger partial charge on any atom is 0.287 e. The molecule has 0 spiro atoms. The SMILES string of the molecule is CC(=O)N1CCN(c2ccc([N+](=O)[O-])cn2)CC1. The number of piperazine rings is 1. The molecule has 1 saturated heterocycles. The average Bonchev–Trinajstić information content (AvgIpc) is 2.39. The Morgan fingerprint density at radius 3 is 2.44 bits per heavy atom. The van der Waals surface area contributed by atoms with Crippen molar-refractivity contribution in [2.75, 3.05) is 31.1 Å². The summed E-state index contributed by atoms with van der Waals surface area (Å²) in [5.74, 6) is 0.787. The van der Waals surface area contributed by atoms with Crippen molar-refractivity contribution in [2.45, 2.75) is 6.92 Å². The maximum absolute atomic E-state index is 11.2. The van der Waals surface area contributed by atoms with Gasteiger partial charge in [0.25, 0.3) is 5.69 Å². The molecule has 7 heteroatoms. The van der Waals surface area contributed by atoms with Gasteiger partial charge in [-0.05, 0) is 6.07 Å². The van der Waals surface area contributed by atoms with Gasteiger partial charge in [-0.2, -0.15) is 0 Å². The van der Waals surface area contributed by atoms with Crippen molar-refractivity contribution in [2.24, 2.45) is 0 Å². The minimum atomic E-state index is -0.468. The molecule has 1 aromatic heterocycles. The Kier molecular flexibility index (Phi) is 3.40. The number of hydrogen-bond acceptors (Lipinski definition) is 5. The topological polar surface area (TPSA) is 79.6 Å². The summed E-state index contributed by atoms with van der Waals surface area (Å²) in [6.45, 7) is 4.27. The summed E-state index contributed by atoms with van der Waals surface area (Å²) in [7, 11) is 0. The van der Waals surface area contributed by atoms with Crippen LogP contribution in [0.25, 0.3) is 0 Å². The second kappa shape index (κ2) is 4.99. The maximum atomic E-state index is 11.2. The third-order valence-corrected chi connectivity index (χ3v) is 2.99. The van der Waals surface area contributed by atoms with E-state index < -0.39 is 4.92 Å². The predicted molar refractivity (Wildman–Crippen MR) is 65.4 cm³/mol. The summed E-state index contributed by atoms with van der Waals surface area (Å²) < 4.78 is 0. The van der Waals surface area contributed by atoms with E-state index in [-0.39, 0.29) is 11.6 Å². The number of aromatic nitrogens is 1. The number of nitro groups is 1. The van der Waals surface area contributed by atoms with Crippen LogP contribution in [0.2, 0.25) is 0 Å². The van der Waals surface area contributed by atoms with Crippen LogP contribution in [0.1, 0.15) is 6.92 Å². The molecule has 0 radical (unpaired) electrons. The minimum absolute atomic E-state index is 0.0129. The van der Waals surface area contributed by atoms with Crippen LogP contribution in [-0.2, 0) is 4.79 Å². The van der Waals surface area contributed by atoms with Gasteiger partial charge in [0.05, 0.1) is 4.92 Å². The average molecular weight is 250 g/mol. The summed E-state index contributed by atoms with van der Waals surface area (Å²) in [5.41, 5.74) is -0.0129. The summed E-state index contributed by atoms with van der Waals surface area (Å²) in [5, 5.41) is 10.5. The van der Waals surface area contributed by atoms with Gasteiger partial charge in [-0.1, -0.05) is 0 Å². The van der Waals surface area contributed by atoms with E-state index in [0.717, 1.165) is 0 Å². The normalized spacial score (nSPS) is 15.6. The molecule has 0 unspecified atom stereocenters. The number of rotatable bonds is 2. The first-order valence-electron chi connectivity index (χ1n) is 5.69. The fourth-order valence-electron chi connectivity index (χ4n) is 1.92. The lowest BCUT2D eigenvalue weighted by atomic mass is 10.3. The van der Waals surface area contributed by atoms with Crippen LogP contribution in [0.3, 0.4) is 0 Å². The lowest BCUT2D eigenvalue weighted by Gasteiger charge is -2.34. The van der Waals surface area contributed by atoms with Crippen LogP contribution in [0, 0.1) is 10.1 Å². The van der Waals surface area contributed by atoms with Crippen LogP contribution >= 0.6 is 0 Å². The first-order chi connectivity index (χ1) is 8.58. The number of anilines is 1. The van der Waals surface area contributed by atoms with Crippen molar-refractivity contribution in [1.82, 2.24) is 9.88 Å². The zero-order valence-electron chi connectivity index (χ0n) is 10.1.